The van der Waals surface area contributed by atoms with Gasteiger partial charge < -0.3 is 9.64 Å². The van der Waals surface area contributed by atoms with E-state index >= 15 is 0 Å². The van der Waals surface area contributed by atoms with Gasteiger partial charge in [-0.25, -0.2) is 17.5 Å². The monoisotopic (exact) mass is 406 g/mol. The van der Waals surface area contributed by atoms with Crippen molar-refractivity contribution in [2.45, 2.75) is 30.7 Å². The van der Waals surface area contributed by atoms with Crippen molar-refractivity contribution in [3.05, 3.63) is 59.9 Å². The second-order valence-electron chi connectivity index (χ2n) is 6.60. The van der Waals surface area contributed by atoms with Gasteiger partial charge >= 0.3 is 0 Å². The van der Waals surface area contributed by atoms with Gasteiger partial charge in [-0.15, -0.1) is 0 Å². The number of hydrogen-bond acceptors (Lipinski definition) is 4. The highest BCUT2D eigenvalue weighted by Crippen LogP contribution is 2.19. The number of benzene rings is 2. The van der Waals surface area contributed by atoms with Crippen molar-refractivity contribution in [3.63, 3.8) is 0 Å². The van der Waals surface area contributed by atoms with E-state index in [1.54, 1.807) is 17.0 Å². The Bertz CT molecular complexity index is 906. The molecule has 6 nitrogen and oxygen atoms in total. The van der Waals surface area contributed by atoms with E-state index in [4.69, 9.17) is 4.74 Å². The maximum Gasteiger partial charge on any atom is 0.253 e. The van der Waals surface area contributed by atoms with Gasteiger partial charge in [0.15, 0.2) is 0 Å². The van der Waals surface area contributed by atoms with Crippen LogP contribution in [0.4, 0.5) is 4.39 Å². The summed E-state index contributed by atoms with van der Waals surface area (Å²) in [5.74, 6) is 0.0563. The van der Waals surface area contributed by atoms with Crippen molar-refractivity contribution in [1.82, 2.24) is 9.62 Å². The lowest BCUT2D eigenvalue weighted by molar-refractivity contribution is 0.0711. The van der Waals surface area contributed by atoms with Crippen molar-refractivity contribution in [3.8, 4) is 5.75 Å². The molecular weight excluding hydrogens is 383 g/mol. The number of likely N-dealkylation sites (tertiary alicyclic amines) is 1. The first-order valence-corrected chi connectivity index (χ1v) is 10.7. The lowest BCUT2D eigenvalue weighted by atomic mass is 10.0. The first-order chi connectivity index (χ1) is 13.4. The first-order valence-electron chi connectivity index (χ1n) is 9.19. The predicted molar refractivity (Wildman–Crippen MR) is 103 cm³/mol. The number of nitrogens with one attached hydrogen (secondary N) is 1. The third-order valence-corrected chi connectivity index (χ3v) is 6.18. The van der Waals surface area contributed by atoms with E-state index < -0.39 is 10.0 Å². The molecule has 0 spiro atoms. The molecule has 0 unspecified atom stereocenters. The zero-order chi connectivity index (χ0) is 20.1. The van der Waals surface area contributed by atoms with Gasteiger partial charge in [0, 0.05) is 24.7 Å². The fraction of sp³-hybridized carbons (Fsp3) is 0.350. The SMILES string of the molecule is CCOc1ccc(S(=O)(=O)NC2CCN(C(=O)c3ccc(F)cc3)CC2)cc1. The molecule has 2 aromatic rings. The molecule has 0 aromatic heterocycles. The molecule has 28 heavy (non-hydrogen) atoms. The molecule has 1 aliphatic heterocycles. The van der Waals surface area contributed by atoms with E-state index in [1.807, 2.05) is 6.92 Å². The van der Waals surface area contributed by atoms with E-state index in [1.165, 1.54) is 36.4 Å². The second kappa shape index (κ2) is 8.70. The Kier molecular flexibility index (Phi) is 6.31. The minimum atomic E-state index is -3.64. The van der Waals surface area contributed by atoms with Gasteiger partial charge in [0.2, 0.25) is 10.0 Å². The Morgan fingerprint density at radius 2 is 1.71 bits per heavy atom. The molecule has 0 aliphatic carbocycles. The number of carbonyl (C=O) groups excluding carboxylic acids is 1. The molecule has 0 bridgehead atoms. The molecule has 0 atom stereocenters. The summed E-state index contributed by atoms with van der Waals surface area (Å²) < 4.78 is 46.2. The van der Waals surface area contributed by atoms with Crippen LogP contribution in [0.1, 0.15) is 30.1 Å². The molecule has 150 valence electrons. The maximum atomic E-state index is 13.0. The molecule has 0 radical (unpaired) electrons. The second-order valence-corrected chi connectivity index (χ2v) is 8.31. The average molecular weight is 406 g/mol. The normalized spacial score (nSPS) is 15.4. The topological polar surface area (TPSA) is 75.7 Å². The van der Waals surface area contributed by atoms with Crippen LogP contribution in [0.5, 0.6) is 5.75 Å². The molecule has 8 heteroatoms. The van der Waals surface area contributed by atoms with Crippen LogP contribution in [0.3, 0.4) is 0 Å². The molecule has 1 N–H and O–H groups in total. The van der Waals surface area contributed by atoms with E-state index in [0.29, 0.717) is 43.9 Å². The van der Waals surface area contributed by atoms with E-state index in [0.717, 1.165) is 0 Å². The Balaban J connectivity index is 1.57. The van der Waals surface area contributed by atoms with Crippen LogP contribution >= 0.6 is 0 Å². The van der Waals surface area contributed by atoms with Crippen molar-refractivity contribution >= 4 is 15.9 Å². The minimum Gasteiger partial charge on any atom is -0.494 e. The number of hydrogen-bond donors (Lipinski definition) is 1. The summed E-state index contributed by atoms with van der Waals surface area (Å²) in [5.41, 5.74) is 0.426. The van der Waals surface area contributed by atoms with Crippen molar-refractivity contribution in [1.29, 1.82) is 0 Å². The van der Waals surface area contributed by atoms with Crippen LogP contribution in [-0.2, 0) is 10.0 Å². The fourth-order valence-corrected chi connectivity index (χ4v) is 4.45. The summed E-state index contributed by atoms with van der Waals surface area (Å²) in [7, 11) is -3.64. The van der Waals surface area contributed by atoms with E-state index in [-0.39, 0.29) is 22.7 Å². The molecule has 1 aliphatic rings. The molecule has 1 fully saturated rings. The number of amides is 1. The van der Waals surface area contributed by atoms with Crippen LogP contribution in [0, 0.1) is 5.82 Å². The van der Waals surface area contributed by atoms with Crippen molar-refractivity contribution in [2.24, 2.45) is 0 Å². The molecule has 1 amide bonds. The van der Waals surface area contributed by atoms with Crippen LogP contribution in [-0.4, -0.2) is 45.0 Å². The number of rotatable bonds is 6. The number of halogens is 1. The first kappa shape index (κ1) is 20.3. The van der Waals surface area contributed by atoms with Gasteiger partial charge in [0.05, 0.1) is 11.5 Å². The molecule has 0 saturated carbocycles. The van der Waals surface area contributed by atoms with Gasteiger partial charge in [-0.05, 0) is 68.3 Å². The largest absolute Gasteiger partial charge is 0.494 e. The molecule has 1 heterocycles. The van der Waals surface area contributed by atoms with Gasteiger partial charge in [-0.1, -0.05) is 0 Å². The number of piperidine rings is 1. The summed E-state index contributed by atoms with van der Waals surface area (Å²) in [6, 6.07) is 11.5. The quantitative estimate of drug-likeness (QED) is 0.800. The van der Waals surface area contributed by atoms with Crippen LogP contribution < -0.4 is 9.46 Å². The Morgan fingerprint density at radius 1 is 1.11 bits per heavy atom. The number of nitrogens with zero attached hydrogens (tertiary/aromatic N) is 1. The van der Waals surface area contributed by atoms with Crippen molar-refractivity contribution < 1.29 is 22.3 Å². The highest BCUT2D eigenvalue weighted by Gasteiger charge is 2.27. The van der Waals surface area contributed by atoms with E-state index in [2.05, 4.69) is 4.72 Å². The average Bonchev–Trinajstić information content (AvgIpc) is 2.69. The molecular formula is C20H23FN2O4S. The molecule has 1 saturated heterocycles. The van der Waals surface area contributed by atoms with Gasteiger partial charge in [-0.3, -0.25) is 4.79 Å². The van der Waals surface area contributed by atoms with Crippen LogP contribution in [0.15, 0.2) is 53.4 Å². The third-order valence-electron chi connectivity index (χ3n) is 4.64. The summed E-state index contributed by atoms with van der Waals surface area (Å²) in [5, 5.41) is 0. The Hall–Kier alpha value is -2.45. The smallest absolute Gasteiger partial charge is 0.253 e. The predicted octanol–water partition coefficient (Wildman–Crippen LogP) is 2.81. The molecule has 3 rings (SSSR count). The maximum absolute atomic E-state index is 13.0. The third kappa shape index (κ3) is 4.88. The summed E-state index contributed by atoms with van der Waals surface area (Å²) in [6.45, 7) is 3.25. The zero-order valence-corrected chi connectivity index (χ0v) is 16.4. The Labute approximate surface area is 164 Å². The standard InChI is InChI=1S/C20H23FN2O4S/c1-2-27-18-7-9-19(10-8-18)28(25,26)22-17-11-13-23(14-12-17)20(24)15-3-5-16(21)6-4-15/h3-10,17,22H,2,11-14H2,1H3. The number of sulfonamides is 1. The van der Waals surface area contributed by atoms with Crippen LogP contribution in [0.25, 0.3) is 0 Å². The van der Waals surface area contributed by atoms with Gasteiger partial charge in [0.1, 0.15) is 11.6 Å². The van der Waals surface area contributed by atoms with Gasteiger partial charge in [-0.2, -0.15) is 0 Å². The highest BCUT2D eigenvalue weighted by atomic mass is 32.2. The summed E-state index contributed by atoms with van der Waals surface area (Å²) in [4.78, 5) is 14.3. The number of ether oxygens (including phenoxy) is 1. The fourth-order valence-electron chi connectivity index (χ4n) is 3.14. The van der Waals surface area contributed by atoms with Crippen LogP contribution in [0.2, 0.25) is 0 Å². The summed E-state index contributed by atoms with van der Waals surface area (Å²) in [6.07, 6.45) is 1.03. The zero-order valence-electron chi connectivity index (χ0n) is 15.6. The van der Waals surface area contributed by atoms with Crippen molar-refractivity contribution in [2.75, 3.05) is 19.7 Å². The lowest BCUT2D eigenvalue weighted by Gasteiger charge is -2.32. The highest BCUT2D eigenvalue weighted by molar-refractivity contribution is 7.89. The lowest BCUT2D eigenvalue weighted by Crippen LogP contribution is -2.46. The van der Waals surface area contributed by atoms with Gasteiger partial charge in [0.25, 0.3) is 5.91 Å². The minimum absolute atomic E-state index is 0.173. The number of carbonyl (C=O) groups is 1. The summed E-state index contributed by atoms with van der Waals surface area (Å²) >= 11 is 0. The van der Waals surface area contributed by atoms with E-state index in [9.17, 15) is 17.6 Å². The Morgan fingerprint density at radius 3 is 2.29 bits per heavy atom. The molecule has 2 aromatic carbocycles.